The van der Waals surface area contributed by atoms with Gasteiger partial charge in [0.15, 0.2) is 5.76 Å². The van der Waals surface area contributed by atoms with E-state index in [2.05, 4.69) is 10.0 Å². The van der Waals surface area contributed by atoms with Crippen molar-refractivity contribution < 1.29 is 17.6 Å². The number of carbonyl (C=O) groups is 1. The van der Waals surface area contributed by atoms with Crippen molar-refractivity contribution in [2.24, 2.45) is 7.05 Å². The first kappa shape index (κ1) is 18.2. The number of amides is 1. The van der Waals surface area contributed by atoms with Crippen LogP contribution in [0.4, 0.5) is 5.69 Å². The molecule has 0 saturated heterocycles. The van der Waals surface area contributed by atoms with Crippen LogP contribution in [-0.4, -0.2) is 24.4 Å². The maximum absolute atomic E-state index is 12.5. The lowest BCUT2D eigenvalue weighted by molar-refractivity contribution is 0.0991. The molecule has 0 spiro atoms. The molecule has 0 fully saturated rings. The van der Waals surface area contributed by atoms with E-state index in [1.807, 2.05) is 36.0 Å². The molecule has 26 heavy (non-hydrogen) atoms. The van der Waals surface area contributed by atoms with Gasteiger partial charge in [0.05, 0.1) is 5.69 Å². The van der Waals surface area contributed by atoms with Gasteiger partial charge in [0.25, 0.3) is 15.9 Å². The minimum absolute atomic E-state index is 0.0766. The van der Waals surface area contributed by atoms with Gasteiger partial charge in [-0.3, -0.25) is 4.79 Å². The molecular weight excluding hydrogens is 354 g/mol. The van der Waals surface area contributed by atoms with Gasteiger partial charge in [-0.05, 0) is 51.1 Å². The zero-order valence-electron chi connectivity index (χ0n) is 15.0. The summed E-state index contributed by atoms with van der Waals surface area (Å²) in [5.74, 6) is -0.592. The Morgan fingerprint density at radius 1 is 1.12 bits per heavy atom. The Labute approximate surface area is 152 Å². The smallest absolute Gasteiger partial charge is 0.291 e. The first-order valence-corrected chi connectivity index (χ1v) is 9.54. The summed E-state index contributed by atoms with van der Waals surface area (Å²) in [5.41, 5.74) is 0.943. The fourth-order valence-corrected chi connectivity index (χ4v) is 3.99. The van der Waals surface area contributed by atoms with Crippen molar-refractivity contribution in [3.63, 3.8) is 0 Å². The third-order valence-corrected chi connectivity index (χ3v) is 5.32. The molecule has 0 bridgehead atoms. The van der Waals surface area contributed by atoms with E-state index in [-0.39, 0.29) is 10.9 Å². The van der Waals surface area contributed by atoms with Crippen LogP contribution in [0, 0.1) is 0 Å². The van der Waals surface area contributed by atoms with E-state index >= 15 is 0 Å². The van der Waals surface area contributed by atoms with Crippen LogP contribution in [-0.2, 0) is 17.1 Å². The van der Waals surface area contributed by atoms with Gasteiger partial charge in [-0.25, -0.2) is 13.1 Å². The summed E-state index contributed by atoms with van der Waals surface area (Å²) >= 11 is 0. The second kappa shape index (κ2) is 6.30. The molecule has 0 aliphatic carbocycles. The van der Waals surface area contributed by atoms with Crippen molar-refractivity contribution in [1.29, 1.82) is 0 Å². The molecule has 1 aromatic carbocycles. The molecule has 0 radical (unpaired) electrons. The van der Waals surface area contributed by atoms with E-state index in [9.17, 15) is 13.2 Å². The van der Waals surface area contributed by atoms with Gasteiger partial charge >= 0.3 is 0 Å². The lowest BCUT2D eigenvalue weighted by Crippen LogP contribution is -2.40. The summed E-state index contributed by atoms with van der Waals surface area (Å²) in [6.45, 7) is 5.17. The quantitative estimate of drug-likeness (QED) is 0.733. The molecule has 2 aromatic heterocycles. The van der Waals surface area contributed by atoms with Crippen LogP contribution in [0.1, 0.15) is 31.3 Å². The average molecular weight is 375 g/mol. The third kappa shape index (κ3) is 3.66. The Hall–Kier alpha value is -2.58. The largest absolute Gasteiger partial charge is 0.438 e. The van der Waals surface area contributed by atoms with Crippen molar-refractivity contribution in [3.05, 3.63) is 48.4 Å². The van der Waals surface area contributed by atoms with Crippen molar-refractivity contribution in [3.8, 4) is 0 Å². The third-order valence-electron chi connectivity index (χ3n) is 3.69. The van der Waals surface area contributed by atoms with Gasteiger partial charge < -0.3 is 14.3 Å². The molecule has 1 amide bonds. The van der Waals surface area contributed by atoms with E-state index in [4.69, 9.17) is 4.42 Å². The Morgan fingerprint density at radius 2 is 1.85 bits per heavy atom. The predicted molar refractivity (Wildman–Crippen MR) is 99.7 cm³/mol. The molecule has 8 heteroatoms. The minimum atomic E-state index is -3.83. The number of hydrogen-bond acceptors (Lipinski definition) is 4. The Morgan fingerprint density at radius 3 is 2.54 bits per heavy atom. The Balaban J connectivity index is 1.84. The van der Waals surface area contributed by atoms with Crippen molar-refractivity contribution >= 4 is 32.5 Å². The number of nitrogens with zero attached hydrogens (tertiary/aromatic N) is 1. The molecule has 0 saturated carbocycles. The van der Waals surface area contributed by atoms with Crippen LogP contribution >= 0.6 is 0 Å². The molecule has 3 aromatic rings. The fraction of sp³-hybridized carbons (Fsp3) is 0.278. The number of furan rings is 1. The lowest BCUT2D eigenvalue weighted by Gasteiger charge is -2.18. The Bertz CT molecular complexity index is 1070. The second-order valence-electron chi connectivity index (χ2n) is 7.09. The SMILES string of the molecule is Cn1ccc2c(NC(=O)c3ccc(S(=O)(=O)NC(C)(C)C)o3)cccc21. The van der Waals surface area contributed by atoms with Gasteiger partial charge in [-0.15, -0.1) is 0 Å². The van der Waals surface area contributed by atoms with Gasteiger partial charge in [0.2, 0.25) is 5.09 Å². The number of benzene rings is 1. The molecule has 7 nitrogen and oxygen atoms in total. The van der Waals surface area contributed by atoms with E-state index < -0.39 is 21.5 Å². The van der Waals surface area contributed by atoms with Crippen molar-refractivity contribution in [1.82, 2.24) is 9.29 Å². The standard InChI is InChI=1S/C18H21N3O4S/c1-18(2,3)20-26(23,24)16-9-8-15(25-16)17(22)19-13-6-5-7-14-12(13)10-11-21(14)4/h5-11,20H,1-4H3,(H,19,22). The summed E-state index contributed by atoms with van der Waals surface area (Å²) in [4.78, 5) is 12.5. The molecule has 2 heterocycles. The fourth-order valence-electron chi connectivity index (χ4n) is 2.64. The number of fused-ring (bicyclic) bond motifs is 1. The molecule has 3 rings (SSSR count). The second-order valence-corrected chi connectivity index (χ2v) is 8.71. The van der Waals surface area contributed by atoms with Crippen LogP contribution in [0.15, 0.2) is 52.1 Å². The summed E-state index contributed by atoms with van der Waals surface area (Å²) < 4.78 is 34.3. The van der Waals surface area contributed by atoms with Crippen molar-refractivity contribution in [2.75, 3.05) is 5.32 Å². The van der Waals surface area contributed by atoms with Crippen LogP contribution in [0.25, 0.3) is 10.9 Å². The van der Waals surface area contributed by atoms with Gasteiger partial charge in [0.1, 0.15) is 0 Å². The maximum atomic E-state index is 12.5. The highest BCUT2D eigenvalue weighted by atomic mass is 32.2. The number of aromatic nitrogens is 1. The summed E-state index contributed by atoms with van der Waals surface area (Å²) in [7, 11) is -1.92. The summed E-state index contributed by atoms with van der Waals surface area (Å²) in [5, 5.41) is 3.36. The molecule has 0 unspecified atom stereocenters. The summed E-state index contributed by atoms with van der Waals surface area (Å²) in [6.07, 6.45) is 1.90. The van der Waals surface area contributed by atoms with Gasteiger partial charge in [0, 0.05) is 29.7 Å². The van der Waals surface area contributed by atoms with Gasteiger partial charge in [-0.2, -0.15) is 0 Å². The van der Waals surface area contributed by atoms with Crippen LogP contribution < -0.4 is 10.0 Å². The van der Waals surface area contributed by atoms with E-state index in [0.29, 0.717) is 5.69 Å². The molecule has 138 valence electrons. The van der Waals surface area contributed by atoms with Gasteiger partial charge in [-0.1, -0.05) is 6.07 Å². The lowest BCUT2D eigenvalue weighted by atomic mass is 10.1. The van der Waals surface area contributed by atoms with Crippen molar-refractivity contribution in [2.45, 2.75) is 31.4 Å². The van der Waals surface area contributed by atoms with E-state index in [1.165, 1.54) is 12.1 Å². The zero-order chi connectivity index (χ0) is 19.1. The molecule has 0 atom stereocenters. The highest BCUT2D eigenvalue weighted by Crippen LogP contribution is 2.25. The number of anilines is 1. The number of nitrogens with one attached hydrogen (secondary N) is 2. The van der Waals surface area contributed by atoms with E-state index in [1.54, 1.807) is 26.8 Å². The zero-order valence-corrected chi connectivity index (χ0v) is 15.8. The molecule has 0 aliphatic heterocycles. The predicted octanol–water partition coefficient (Wildman–Crippen LogP) is 3.10. The number of rotatable bonds is 4. The number of hydrogen-bond donors (Lipinski definition) is 2. The number of carbonyl (C=O) groups excluding carboxylic acids is 1. The van der Waals surface area contributed by atoms with Crippen LogP contribution in [0.3, 0.4) is 0 Å². The van der Waals surface area contributed by atoms with Crippen LogP contribution in [0.5, 0.6) is 0 Å². The topological polar surface area (TPSA) is 93.3 Å². The highest BCUT2D eigenvalue weighted by molar-refractivity contribution is 7.89. The number of aryl methyl sites for hydroxylation is 1. The first-order valence-electron chi connectivity index (χ1n) is 8.06. The normalized spacial score (nSPS) is 12.5. The number of sulfonamides is 1. The first-order chi connectivity index (χ1) is 12.1. The monoisotopic (exact) mass is 375 g/mol. The highest BCUT2D eigenvalue weighted by Gasteiger charge is 2.26. The Kier molecular flexibility index (Phi) is 4.41. The maximum Gasteiger partial charge on any atom is 0.291 e. The van der Waals surface area contributed by atoms with E-state index in [0.717, 1.165) is 10.9 Å². The van der Waals surface area contributed by atoms with Crippen LogP contribution in [0.2, 0.25) is 0 Å². The molecule has 0 aliphatic rings. The molecular formula is C18H21N3O4S. The minimum Gasteiger partial charge on any atom is -0.438 e. The molecule has 2 N–H and O–H groups in total. The average Bonchev–Trinajstić information content (AvgIpc) is 3.14. The summed E-state index contributed by atoms with van der Waals surface area (Å²) in [6, 6.07) is 10.1.